The van der Waals surface area contributed by atoms with Crippen molar-refractivity contribution in [3.8, 4) is 0 Å². The van der Waals surface area contributed by atoms with Gasteiger partial charge in [-0.25, -0.2) is 0 Å². The molecule has 32 nitrogen and oxygen atoms in total. The van der Waals surface area contributed by atoms with Gasteiger partial charge in [-0.05, 0) is 96.1 Å². The van der Waals surface area contributed by atoms with E-state index in [4.69, 9.17) is 33.8 Å². The van der Waals surface area contributed by atoms with Crippen molar-refractivity contribution >= 4 is 82.9 Å². The fourth-order valence-corrected chi connectivity index (χ4v) is 7.62. The zero-order valence-corrected chi connectivity index (χ0v) is 46.5. The van der Waals surface area contributed by atoms with Crippen LogP contribution in [-0.4, -0.2) is 183 Å². The predicted octanol–water partition coefficient (Wildman–Crippen LogP) is -6.01. The Bertz CT molecular complexity index is 2170. The summed E-state index contributed by atoms with van der Waals surface area (Å²) in [6.07, 6.45) is -4.44. The molecule has 0 aliphatic carbocycles. The van der Waals surface area contributed by atoms with Gasteiger partial charge in [0.25, 0.3) is 0 Å². The highest BCUT2D eigenvalue weighted by Crippen LogP contribution is 2.14. The Morgan fingerprint density at radius 1 is 0.432 bits per heavy atom. The van der Waals surface area contributed by atoms with Gasteiger partial charge in [0.2, 0.25) is 65.0 Å². The minimum absolute atomic E-state index is 0.0162. The molecule has 81 heavy (non-hydrogen) atoms. The van der Waals surface area contributed by atoms with E-state index in [9.17, 15) is 82.4 Å². The first-order valence-electron chi connectivity index (χ1n) is 26.7. The molecule has 0 saturated heterocycles. The third-order valence-corrected chi connectivity index (χ3v) is 12.4. The maximum absolute atomic E-state index is 14.2. The van der Waals surface area contributed by atoms with E-state index in [0.29, 0.717) is 19.3 Å². The highest BCUT2D eigenvalue weighted by atomic mass is 16.4. The van der Waals surface area contributed by atoms with Crippen LogP contribution in [0.4, 0.5) is 0 Å². The van der Waals surface area contributed by atoms with Crippen molar-refractivity contribution in [1.82, 2.24) is 47.9 Å². The zero-order valence-electron chi connectivity index (χ0n) is 46.5. The van der Waals surface area contributed by atoms with Crippen molar-refractivity contribution in [1.29, 1.82) is 0 Å². The SMILES string of the molecule is CC[C@H](C)[C@H](NC(=O)[C@H](CCC(N)=O)NC(=O)[C@@H](N)[C@@H](C)O)C(=O)N[C@@H](CCC(=O)O)C(=O)N[C@@H](CC(N)=O)C(=O)N[C@@H](CC(C)C)C(=O)N[C@@H](CCCCN)C(=O)N[C@@H](CCC(=O)O)C(=O)N[C@@H](CCCCN)C(=O)NCC(=O)O. The second-order valence-corrected chi connectivity index (χ2v) is 19.9. The number of aliphatic hydroxyl groups excluding tert-OH is 1. The van der Waals surface area contributed by atoms with Crippen LogP contribution in [0.5, 0.6) is 0 Å². The van der Waals surface area contributed by atoms with E-state index in [1.165, 1.54) is 13.8 Å². The van der Waals surface area contributed by atoms with E-state index in [2.05, 4.69) is 47.9 Å². The number of carboxylic acids is 3. The van der Waals surface area contributed by atoms with Gasteiger partial charge < -0.3 is 96.9 Å². The molecule has 460 valence electrons. The molecule has 0 fully saturated rings. The molecular weight excluding hydrogens is 1070 g/mol. The average molecular weight is 1160 g/mol. The molecular formula is C49H86N14O18. The Labute approximate surface area is 468 Å². The molecule has 0 bridgehead atoms. The maximum atomic E-state index is 14.2. The lowest BCUT2D eigenvalue weighted by Gasteiger charge is -2.29. The summed E-state index contributed by atoms with van der Waals surface area (Å²) in [5.41, 5.74) is 27.7. The van der Waals surface area contributed by atoms with Crippen LogP contribution in [-0.2, 0) is 67.1 Å². The minimum Gasteiger partial charge on any atom is -0.481 e. The molecule has 0 radical (unpaired) electrons. The summed E-state index contributed by atoms with van der Waals surface area (Å²) in [7, 11) is 0. The number of carbonyl (C=O) groups excluding carboxylic acids is 11. The molecule has 0 aromatic carbocycles. The topological polar surface area (TPSA) is 558 Å². The number of nitrogens with two attached hydrogens (primary N) is 5. The highest BCUT2D eigenvalue weighted by Gasteiger charge is 2.37. The summed E-state index contributed by atoms with van der Waals surface area (Å²) >= 11 is 0. The molecule has 0 rings (SSSR count). The fourth-order valence-electron chi connectivity index (χ4n) is 7.62. The quantitative estimate of drug-likeness (QED) is 0.0253. The molecule has 32 heteroatoms. The third-order valence-electron chi connectivity index (χ3n) is 12.4. The molecule has 0 aliphatic rings. The lowest BCUT2D eigenvalue weighted by Crippen LogP contribution is -2.61. The number of carboxylic acid groups (broad SMARTS) is 3. The summed E-state index contributed by atoms with van der Waals surface area (Å²) in [5.74, 6) is -16.7. The highest BCUT2D eigenvalue weighted by molar-refractivity contribution is 5.99. The fraction of sp³-hybridized carbons (Fsp3) is 0.714. The van der Waals surface area contributed by atoms with Crippen molar-refractivity contribution in [2.24, 2.45) is 40.5 Å². The number of amides is 11. The Morgan fingerprint density at radius 2 is 0.802 bits per heavy atom. The number of rotatable bonds is 43. The van der Waals surface area contributed by atoms with Gasteiger partial charge in [0.15, 0.2) is 0 Å². The average Bonchev–Trinajstić information content (AvgIpc) is 3.38. The summed E-state index contributed by atoms with van der Waals surface area (Å²) < 4.78 is 0. The summed E-state index contributed by atoms with van der Waals surface area (Å²) in [5, 5.41) is 59.3. The molecule has 0 saturated carbocycles. The summed E-state index contributed by atoms with van der Waals surface area (Å²) in [4.78, 5) is 182. The van der Waals surface area contributed by atoms with Crippen molar-refractivity contribution in [2.75, 3.05) is 19.6 Å². The largest absolute Gasteiger partial charge is 0.481 e. The molecule has 23 N–H and O–H groups in total. The molecule has 0 spiro atoms. The van der Waals surface area contributed by atoms with Gasteiger partial charge in [-0.1, -0.05) is 34.1 Å². The van der Waals surface area contributed by atoms with Crippen LogP contribution < -0.4 is 76.5 Å². The van der Waals surface area contributed by atoms with Gasteiger partial charge in [0.05, 0.1) is 12.5 Å². The Kier molecular flexibility index (Phi) is 35.3. The van der Waals surface area contributed by atoms with Gasteiger partial charge in [-0.2, -0.15) is 0 Å². The van der Waals surface area contributed by atoms with Crippen molar-refractivity contribution in [3.63, 3.8) is 0 Å². The summed E-state index contributed by atoms with van der Waals surface area (Å²) in [6.45, 7) is 7.29. The van der Waals surface area contributed by atoms with Crippen molar-refractivity contribution < 1.29 is 87.5 Å². The standard InChI is InChI=1S/C49H86N14O18/c1-6-25(4)40(63-45(77)29(13-16-34(52)65)59-48(80)39(54)26(5)64)49(81)60-31(15-18-37(69)70)44(76)62-33(22-35(53)66)47(79)61-32(21-24(2)3)46(78)57-28(12-8-10-20-51)42(74)58-30(14-17-36(67)68)43(75)56-27(11-7-9-19-50)41(73)55-23-38(71)72/h24-33,39-40,64H,6-23,50-51,54H2,1-5H3,(H2,52,65)(H2,53,66)(H,55,73)(H,56,75)(H,57,78)(H,58,74)(H,59,80)(H,60,81)(H,61,79)(H,62,76)(H,63,77)(H,67,68)(H,69,70)(H,71,72)/t25-,26+,27-,28-,29-,30-,31-,32-,33-,39-,40-/m0/s1. The number of aliphatic hydroxyl groups is 1. The Balaban J connectivity index is 6.96. The molecule has 0 aromatic rings. The van der Waals surface area contributed by atoms with E-state index < -0.39 is 194 Å². The normalized spacial score (nSPS) is 15.1. The number of carbonyl (C=O) groups is 14. The van der Waals surface area contributed by atoms with Gasteiger partial charge in [-0.15, -0.1) is 0 Å². The molecule has 0 aromatic heterocycles. The van der Waals surface area contributed by atoms with E-state index in [1.54, 1.807) is 20.8 Å². The van der Waals surface area contributed by atoms with Gasteiger partial charge in [0.1, 0.15) is 60.9 Å². The monoisotopic (exact) mass is 1160 g/mol. The van der Waals surface area contributed by atoms with Crippen LogP contribution >= 0.6 is 0 Å². The lowest BCUT2D eigenvalue weighted by molar-refractivity contribution is -0.139. The second kappa shape index (κ2) is 38.9. The zero-order chi connectivity index (χ0) is 62.1. The number of nitrogens with one attached hydrogen (secondary N) is 9. The van der Waals surface area contributed by atoms with Crippen molar-refractivity contribution in [2.45, 2.75) is 191 Å². The van der Waals surface area contributed by atoms with Crippen LogP contribution in [0.25, 0.3) is 0 Å². The first-order valence-corrected chi connectivity index (χ1v) is 26.7. The van der Waals surface area contributed by atoms with E-state index in [1.807, 2.05) is 0 Å². The Morgan fingerprint density at radius 3 is 1.20 bits per heavy atom. The van der Waals surface area contributed by atoms with E-state index in [-0.39, 0.29) is 57.5 Å². The van der Waals surface area contributed by atoms with E-state index in [0.717, 1.165) is 0 Å². The number of primary amides is 2. The second-order valence-electron chi connectivity index (χ2n) is 19.9. The first kappa shape index (κ1) is 73.4. The first-order chi connectivity index (χ1) is 37.9. The van der Waals surface area contributed by atoms with Crippen LogP contribution in [0.15, 0.2) is 0 Å². The van der Waals surface area contributed by atoms with Crippen molar-refractivity contribution in [3.05, 3.63) is 0 Å². The molecule has 0 unspecified atom stereocenters. The van der Waals surface area contributed by atoms with Gasteiger partial charge >= 0.3 is 17.9 Å². The lowest BCUT2D eigenvalue weighted by atomic mass is 9.96. The maximum Gasteiger partial charge on any atom is 0.322 e. The third kappa shape index (κ3) is 30.6. The molecule has 11 atom stereocenters. The molecule has 0 heterocycles. The van der Waals surface area contributed by atoms with Crippen LogP contribution in [0.3, 0.4) is 0 Å². The Hall–Kier alpha value is -7.58. The molecule has 11 amide bonds. The van der Waals surface area contributed by atoms with Crippen LogP contribution in [0, 0.1) is 11.8 Å². The number of hydrogen-bond donors (Lipinski definition) is 18. The van der Waals surface area contributed by atoms with Crippen LogP contribution in [0.2, 0.25) is 0 Å². The summed E-state index contributed by atoms with van der Waals surface area (Å²) in [6, 6.07) is -14.2. The number of unbranched alkanes of at least 4 members (excludes halogenated alkanes) is 2. The van der Waals surface area contributed by atoms with Gasteiger partial charge in [0, 0.05) is 19.3 Å². The smallest absolute Gasteiger partial charge is 0.322 e. The van der Waals surface area contributed by atoms with Gasteiger partial charge in [-0.3, -0.25) is 67.1 Å². The minimum atomic E-state index is -1.91. The number of hydrogen-bond acceptors (Lipinski definition) is 18. The predicted molar refractivity (Wildman–Crippen MR) is 286 cm³/mol. The van der Waals surface area contributed by atoms with Crippen LogP contribution in [0.1, 0.15) is 131 Å². The number of aliphatic carboxylic acids is 3. The van der Waals surface area contributed by atoms with E-state index >= 15 is 0 Å². The molecule has 0 aliphatic heterocycles.